The number of fused-ring (bicyclic) bond motifs is 1. The molecule has 0 radical (unpaired) electrons. The molecule has 1 saturated heterocycles. The number of nitrogens with one attached hydrogen (secondary N) is 1. The lowest BCUT2D eigenvalue weighted by Gasteiger charge is -2.25. The van der Waals surface area contributed by atoms with E-state index in [9.17, 15) is 22.8 Å². The highest BCUT2D eigenvalue weighted by atomic mass is 32.2. The standard InChI is InChI=1S/C17H19N3O4.C7H8O3S/c1-10-7-16(22)24-14-8-11(4-5-12(10)14)20-6-2-3-13(20)17(23)19-15(21)9-18;1-6-2-4-7(5-3-6)11(8,9)10/h4-5,7-8,13H,2-3,6,9,18H2,1H3,(H,19,21,23);2-5H,1H3,(H,8,9,10)/t13-;/m0./s1. The molecular formula is C24H27N3O7S. The molecule has 0 spiro atoms. The van der Waals surface area contributed by atoms with Gasteiger partial charge in [0, 0.05) is 29.8 Å². The molecule has 4 rings (SSSR count). The smallest absolute Gasteiger partial charge is 0.336 e. The van der Waals surface area contributed by atoms with E-state index in [0.29, 0.717) is 18.5 Å². The molecule has 2 heterocycles. The molecule has 0 bridgehead atoms. The van der Waals surface area contributed by atoms with E-state index in [0.717, 1.165) is 28.6 Å². The van der Waals surface area contributed by atoms with Gasteiger partial charge in [0.05, 0.1) is 11.4 Å². The summed E-state index contributed by atoms with van der Waals surface area (Å²) in [6.45, 7) is 4.16. The summed E-state index contributed by atoms with van der Waals surface area (Å²) in [5, 5.41) is 3.17. The number of carbonyl (C=O) groups is 2. The lowest BCUT2D eigenvalue weighted by atomic mass is 10.1. The van der Waals surface area contributed by atoms with Gasteiger partial charge in [0.2, 0.25) is 11.8 Å². The number of benzene rings is 2. The fourth-order valence-electron chi connectivity index (χ4n) is 3.82. The molecule has 11 heteroatoms. The van der Waals surface area contributed by atoms with Crippen LogP contribution in [0.1, 0.15) is 24.0 Å². The highest BCUT2D eigenvalue weighted by Crippen LogP contribution is 2.29. The van der Waals surface area contributed by atoms with Crippen LogP contribution in [0.15, 0.2) is 62.6 Å². The highest BCUT2D eigenvalue weighted by molar-refractivity contribution is 7.85. The number of amides is 2. The van der Waals surface area contributed by atoms with Gasteiger partial charge >= 0.3 is 5.63 Å². The van der Waals surface area contributed by atoms with Gasteiger partial charge in [-0.05, 0) is 56.5 Å². The number of hydrogen-bond acceptors (Lipinski definition) is 8. The van der Waals surface area contributed by atoms with Crippen LogP contribution in [0.5, 0.6) is 0 Å². The van der Waals surface area contributed by atoms with Crippen LogP contribution in [-0.4, -0.2) is 43.9 Å². The van der Waals surface area contributed by atoms with Gasteiger partial charge in [-0.15, -0.1) is 0 Å². The Morgan fingerprint density at radius 2 is 1.83 bits per heavy atom. The van der Waals surface area contributed by atoms with Crippen molar-refractivity contribution in [1.29, 1.82) is 0 Å². The second-order valence-corrected chi connectivity index (χ2v) is 9.61. The number of anilines is 1. The van der Waals surface area contributed by atoms with Gasteiger partial charge in [-0.25, -0.2) is 4.79 Å². The second kappa shape index (κ2) is 10.8. The molecule has 1 atom stereocenters. The normalized spacial score (nSPS) is 15.4. The van der Waals surface area contributed by atoms with Crippen molar-refractivity contribution >= 4 is 38.6 Å². The first-order chi connectivity index (χ1) is 16.5. The van der Waals surface area contributed by atoms with Gasteiger partial charge < -0.3 is 15.1 Å². The maximum Gasteiger partial charge on any atom is 0.336 e. The Morgan fingerprint density at radius 1 is 1.14 bits per heavy atom. The first-order valence-corrected chi connectivity index (χ1v) is 12.3. The van der Waals surface area contributed by atoms with Crippen LogP contribution in [0, 0.1) is 13.8 Å². The summed E-state index contributed by atoms with van der Waals surface area (Å²) in [6.07, 6.45) is 1.49. The minimum Gasteiger partial charge on any atom is -0.423 e. The lowest BCUT2D eigenvalue weighted by molar-refractivity contribution is -0.130. The molecule has 1 fully saturated rings. The van der Waals surface area contributed by atoms with Crippen LogP contribution in [-0.2, 0) is 19.7 Å². The van der Waals surface area contributed by atoms with Crippen LogP contribution in [0.4, 0.5) is 5.69 Å². The minimum absolute atomic E-state index is 0.0666. The third-order valence-electron chi connectivity index (χ3n) is 5.59. The Kier molecular flexibility index (Phi) is 8.05. The number of nitrogens with two attached hydrogens (primary N) is 1. The van der Waals surface area contributed by atoms with Gasteiger partial charge in [-0.1, -0.05) is 17.7 Å². The van der Waals surface area contributed by atoms with Crippen LogP contribution < -0.4 is 21.6 Å². The SMILES string of the molecule is Cc1cc(=O)oc2cc(N3CCC[C@H]3C(=O)NC(=O)CN)ccc12.Cc1ccc(S(=O)(=O)O)cc1. The summed E-state index contributed by atoms with van der Waals surface area (Å²) < 4.78 is 34.8. The van der Waals surface area contributed by atoms with Crippen molar-refractivity contribution in [1.82, 2.24) is 5.32 Å². The highest BCUT2D eigenvalue weighted by Gasteiger charge is 2.31. The zero-order chi connectivity index (χ0) is 25.8. The van der Waals surface area contributed by atoms with E-state index >= 15 is 0 Å². The van der Waals surface area contributed by atoms with Gasteiger partial charge in [0.15, 0.2) is 0 Å². The largest absolute Gasteiger partial charge is 0.423 e. The monoisotopic (exact) mass is 501 g/mol. The van der Waals surface area contributed by atoms with Crippen molar-refractivity contribution in [3.63, 3.8) is 0 Å². The molecule has 4 N–H and O–H groups in total. The lowest BCUT2D eigenvalue weighted by Crippen LogP contribution is -2.47. The number of nitrogens with zero attached hydrogens (tertiary/aromatic N) is 1. The van der Waals surface area contributed by atoms with E-state index in [2.05, 4.69) is 5.32 Å². The fourth-order valence-corrected chi connectivity index (χ4v) is 4.30. The number of aryl methyl sites for hydroxylation is 2. The molecule has 0 aliphatic carbocycles. The molecule has 2 aromatic carbocycles. The summed E-state index contributed by atoms with van der Waals surface area (Å²) >= 11 is 0. The molecule has 1 aliphatic heterocycles. The van der Waals surface area contributed by atoms with Crippen molar-refractivity contribution < 1.29 is 27.0 Å². The van der Waals surface area contributed by atoms with Crippen LogP contribution >= 0.6 is 0 Å². The average Bonchev–Trinajstić information content (AvgIpc) is 3.29. The summed E-state index contributed by atoms with van der Waals surface area (Å²) in [7, 11) is -4.02. The minimum atomic E-state index is -4.02. The van der Waals surface area contributed by atoms with Crippen molar-refractivity contribution in [2.45, 2.75) is 37.6 Å². The van der Waals surface area contributed by atoms with Crippen LogP contribution in [0.25, 0.3) is 11.0 Å². The molecule has 186 valence electrons. The third-order valence-corrected chi connectivity index (χ3v) is 6.46. The Bertz CT molecular complexity index is 1400. The molecule has 0 unspecified atom stereocenters. The molecule has 35 heavy (non-hydrogen) atoms. The Labute approximate surface area is 202 Å². The third kappa shape index (κ3) is 6.53. The first kappa shape index (κ1) is 26.1. The molecule has 1 aromatic heterocycles. The summed E-state index contributed by atoms with van der Waals surface area (Å²) in [4.78, 5) is 37.0. The predicted octanol–water partition coefficient (Wildman–Crippen LogP) is 1.91. The molecular weight excluding hydrogens is 474 g/mol. The molecule has 3 aromatic rings. The first-order valence-electron chi connectivity index (χ1n) is 10.9. The van der Waals surface area contributed by atoms with Crippen molar-refractivity contribution in [2.24, 2.45) is 5.73 Å². The maximum atomic E-state index is 12.3. The van der Waals surface area contributed by atoms with Crippen LogP contribution in [0.2, 0.25) is 0 Å². The number of hydrogen-bond donors (Lipinski definition) is 3. The van der Waals surface area contributed by atoms with Crippen molar-refractivity contribution in [2.75, 3.05) is 18.0 Å². The van der Waals surface area contributed by atoms with Gasteiger partial charge in [0.25, 0.3) is 10.1 Å². The number of imide groups is 1. The predicted molar refractivity (Wildman–Crippen MR) is 131 cm³/mol. The van der Waals surface area contributed by atoms with E-state index in [-0.39, 0.29) is 17.3 Å². The van der Waals surface area contributed by atoms with Gasteiger partial charge in [-0.2, -0.15) is 8.42 Å². The zero-order valence-electron chi connectivity index (χ0n) is 19.4. The summed E-state index contributed by atoms with van der Waals surface area (Å²) in [6, 6.07) is 12.5. The van der Waals surface area contributed by atoms with E-state index in [1.165, 1.54) is 18.2 Å². The van der Waals surface area contributed by atoms with E-state index in [1.54, 1.807) is 18.2 Å². The zero-order valence-corrected chi connectivity index (χ0v) is 20.2. The quantitative estimate of drug-likeness (QED) is 0.358. The van der Waals surface area contributed by atoms with Crippen molar-refractivity contribution in [3.8, 4) is 0 Å². The molecule has 10 nitrogen and oxygen atoms in total. The van der Waals surface area contributed by atoms with E-state index < -0.39 is 27.7 Å². The van der Waals surface area contributed by atoms with E-state index in [4.69, 9.17) is 14.7 Å². The topological polar surface area (TPSA) is 160 Å². The summed E-state index contributed by atoms with van der Waals surface area (Å²) in [5.41, 5.74) is 7.91. The van der Waals surface area contributed by atoms with Gasteiger partial charge in [0.1, 0.15) is 11.6 Å². The second-order valence-electron chi connectivity index (χ2n) is 8.19. The van der Waals surface area contributed by atoms with Crippen molar-refractivity contribution in [3.05, 3.63) is 70.1 Å². The molecule has 2 amide bonds. The Hall–Kier alpha value is -3.54. The summed E-state index contributed by atoms with van der Waals surface area (Å²) in [5.74, 6) is -0.847. The van der Waals surface area contributed by atoms with Gasteiger partial charge in [-0.3, -0.25) is 19.5 Å². The maximum absolute atomic E-state index is 12.3. The Morgan fingerprint density at radius 3 is 2.46 bits per heavy atom. The number of rotatable bonds is 4. The fraction of sp³-hybridized carbons (Fsp3) is 0.292. The number of carbonyl (C=O) groups excluding carboxylic acids is 2. The van der Waals surface area contributed by atoms with E-state index in [1.807, 2.05) is 30.9 Å². The molecule has 1 aliphatic rings. The Balaban J connectivity index is 0.000000261. The molecule has 0 saturated carbocycles. The van der Waals surface area contributed by atoms with Crippen LogP contribution in [0.3, 0.4) is 0 Å². The average molecular weight is 502 g/mol.